The summed E-state index contributed by atoms with van der Waals surface area (Å²) in [4.78, 5) is 3.51. The van der Waals surface area contributed by atoms with Gasteiger partial charge in [0.2, 0.25) is 0 Å². The van der Waals surface area contributed by atoms with Crippen molar-refractivity contribution in [2.45, 2.75) is 13.1 Å². The van der Waals surface area contributed by atoms with Crippen LogP contribution >= 0.6 is 0 Å². The van der Waals surface area contributed by atoms with Gasteiger partial charge in [-0.3, -0.25) is 0 Å². The van der Waals surface area contributed by atoms with Crippen LogP contribution in [0.15, 0.2) is 12.3 Å². The first-order valence-electron chi connectivity index (χ1n) is 4.23. The Morgan fingerprint density at radius 3 is 2.53 bits per heavy atom. The SMILES string of the molecule is CCOc1cc(C(F)(F)F)cnc1OC. The fraction of sp³-hybridized carbons (Fsp3) is 0.444. The minimum atomic E-state index is -4.43. The molecule has 0 radical (unpaired) electrons. The average Bonchev–Trinajstić information content (AvgIpc) is 2.17. The van der Waals surface area contributed by atoms with Gasteiger partial charge in [0.15, 0.2) is 5.75 Å². The van der Waals surface area contributed by atoms with Crippen molar-refractivity contribution in [3.8, 4) is 11.6 Å². The molecule has 0 saturated carbocycles. The van der Waals surface area contributed by atoms with E-state index < -0.39 is 11.7 Å². The maximum atomic E-state index is 12.3. The molecule has 0 aliphatic heterocycles. The van der Waals surface area contributed by atoms with Crippen molar-refractivity contribution < 1.29 is 22.6 Å². The Balaban J connectivity index is 3.10. The predicted molar refractivity (Wildman–Crippen MR) is 47.0 cm³/mol. The zero-order valence-corrected chi connectivity index (χ0v) is 8.26. The third-order valence-electron chi connectivity index (χ3n) is 1.64. The summed E-state index contributed by atoms with van der Waals surface area (Å²) >= 11 is 0. The fourth-order valence-electron chi connectivity index (χ4n) is 0.999. The standard InChI is InChI=1S/C9H10F3NO2/c1-3-15-7-4-6(9(10,11)12)5-13-8(7)14-2/h4-5H,3H2,1-2H3. The molecule has 1 heterocycles. The van der Waals surface area contributed by atoms with Gasteiger partial charge in [-0.15, -0.1) is 0 Å². The molecule has 0 unspecified atom stereocenters. The lowest BCUT2D eigenvalue weighted by molar-refractivity contribution is -0.138. The van der Waals surface area contributed by atoms with Crippen LogP contribution < -0.4 is 9.47 Å². The molecule has 1 aromatic rings. The zero-order chi connectivity index (χ0) is 11.5. The number of rotatable bonds is 3. The van der Waals surface area contributed by atoms with E-state index >= 15 is 0 Å². The van der Waals surface area contributed by atoms with E-state index in [1.807, 2.05) is 0 Å². The Bertz CT molecular complexity index is 339. The van der Waals surface area contributed by atoms with Crippen molar-refractivity contribution in [2.24, 2.45) is 0 Å². The Kier molecular flexibility index (Phi) is 3.39. The highest BCUT2D eigenvalue weighted by atomic mass is 19.4. The molecular formula is C9H10F3NO2. The summed E-state index contributed by atoms with van der Waals surface area (Å²) in [6.07, 6.45) is -3.72. The second-order valence-electron chi connectivity index (χ2n) is 2.66. The molecule has 0 aliphatic rings. The maximum absolute atomic E-state index is 12.3. The third kappa shape index (κ3) is 2.74. The quantitative estimate of drug-likeness (QED) is 0.785. The van der Waals surface area contributed by atoms with Gasteiger partial charge in [-0.25, -0.2) is 4.98 Å². The van der Waals surface area contributed by atoms with Gasteiger partial charge in [0, 0.05) is 6.20 Å². The second kappa shape index (κ2) is 4.37. The predicted octanol–water partition coefficient (Wildman–Crippen LogP) is 2.51. The molecule has 1 rings (SSSR count). The van der Waals surface area contributed by atoms with E-state index in [9.17, 15) is 13.2 Å². The van der Waals surface area contributed by atoms with E-state index in [0.29, 0.717) is 6.20 Å². The molecule has 0 atom stereocenters. The monoisotopic (exact) mass is 221 g/mol. The molecule has 0 aromatic carbocycles. The lowest BCUT2D eigenvalue weighted by atomic mass is 10.2. The van der Waals surface area contributed by atoms with Gasteiger partial charge >= 0.3 is 6.18 Å². The lowest BCUT2D eigenvalue weighted by Crippen LogP contribution is -2.07. The number of pyridine rings is 1. The van der Waals surface area contributed by atoms with Crippen LogP contribution in [0.1, 0.15) is 12.5 Å². The summed E-state index contributed by atoms with van der Waals surface area (Å²) in [5, 5.41) is 0. The van der Waals surface area contributed by atoms with Crippen LogP contribution in [-0.4, -0.2) is 18.7 Å². The van der Waals surface area contributed by atoms with Crippen LogP contribution in [0.2, 0.25) is 0 Å². The summed E-state index contributed by atoms with van der Waals surface area (Å²) in [6, 6.07) is 0.870. The van der Waals surface area contributed by atoms with E-state index in [4.69, 9.17) is 9.47 Å². The van der Waals surface area contributed by atoms with Crippen molar-refractivity contribution in [3.63, 3.8) is 0 Å². The molecule has 0 amide bonds. The summed E-state index contributed by atoms with van der Waals surface area (Å²) in [5.41, 5.74) is -0.855. The van der Waals surface area contributed by atoms with Gasteiger partial charge in [0.05, 0.1) is 19.3 Å². The second-order valence-corrected chi connectivity index (χ2v) is 2.66. The molecule has 0 aliphatic carbocycles. The van der Waals surface area contributed by atoms with Crippen LogP contribution in [0.3, 0.4) is 0 Å². The molecule has 0 spiro atoms. The minimum Gasteiger partial charge on any atom is -0.488 e. The highest BCUT2D eigenvalue weighted by molar-refractivity contribution is 5.37. The molecule has 1 aromatic heterocycles. The Morgan fingerprint density at radius 1 is 1.40 bits per heavy atom. The van der Waals surface area contributed by atoms with Crippen LogP contribution in [0, 0.1) is 0 Å². The number of nitrogens with zero attached hydrogens (tertiary/aromatic N) is 1. The van der Waals surface area contributed by atoms with Crippen molar-refractivity contribution in [2.75, 3.05) is 13.7 Å². The summed E-state index contributed by atoms with van der Waals surface area (Å²) in [5.74, 6) is 0.0414. The maximum Gasteiger partial charge on any atom is 0.418 e. The van der Waals surface area contributed by atoms with Crippen molar-refractivity contribution in [1.82, 2.24) is 4.98 Å². The number of aromatic nitrogens is 1. The molecular weight excluding hydrogens is 211 g/mol. The van der Waals surface area contributed by atoms with E-state index in [2.05, 4.69) is 4.98 Å². The van der Waals surface area contributed by atoms with Gasteiger partial charge in [0.1, 0.15) is 0 Å². The van der Waals surface area contributed by atoms with E-state index in [-0.39, 0.29) is 18.2 Å². The summed E-state index contributed by atoms with van der Waals surface area (Å²) in [7, 11) is 1.32. The minimum absolute atomic E-state index is 0.00479. The van der Waals surface area contributed by atoms with Gasteiger partial charge in [0.25, 0.3) is 5.88 Å². The normalized spacial score (nSPS) is 11.3. The van der Waals surface area contributed by atoms with Crippen molar-refractivity contribution >= 4 is 0 Å². The number of hydrogen-bond donors (Lipinski definition) is 0. The molecule has 15 heavy (non-hydrogen) atoms. The van der Waals surface area contributed by atoms with E-state index in [0.717, 1.165) is 6.07 Å². The Labute approximate surface area is 84.8 Å². The first-order chi connectivity index (χ1) is 6.99. The average molecular weight is 221 g/mol. The molecule has 0 saturated heterocycles. The first-order valence-corrected chi connectivity index (χ1v) is 4.23. The molecule has 6 heteroatoms. The number of halogens is 3. The number of alkyl halides is 3. The zero-order valence-electron chi connectivity index (χ0n) is 8.26. The van der Waals surface area contributed by atoms with Crippen molar-refractivity contribution in [1.29, 1.82) is 0 Å². The topological polar surface area (TPSA) is 31.4 Å². The van der Waals surface area contributed by atoms with Crippen molar-refractivity contribution in [3.05, 3.63) is 17.8 Å². The van der Waals surface area contributed by atoms with Gasteiger partial charge in [-0.1, -0.05) is 0 Å². The Hall–Kier alpha value is -1.46. The Morgan fingerprint density at radius 2 is 2.07 bits per heavy atom. The van der Waals surface area contributed by atoms with E-state index in [1.54, 1.807) is 6.92 Å². The van der Waals surface area contributed by atoms with Crippen LogP contribution in [0.5, 0.6) is 11.6 Å². The lowest BCUT2D eigenvalue weighted by Gasteiger charge is -2.11. The van der Waals surface area contributed by atoms with E-state index in [1.165, 1.54) is 7.11 Å². The third-order valence-corrected chi connectivity index (χ3v) is 1.64. The smallest absolute Gasteiger partial charge is 0.418 e. The van der Waals surface area contributed by atoms with Gasteiger partial charge in [-0.2, -0.15) is 13.2 Å². The highest BCUT2D eigenvalue weighted by Gasteiger charge is 2.32. The number of hydrogen-bond acceptors (Lipinski definition) is 3. The van der Waals surface area contributed by atoms with Gasteiger partial charge < -0.3 is 9.47 Å². The molecule has 3 nitrogen and oxygen atoms in total. The molecule has 84 valence electrons. The number of methoxy groups -OCH3 is 1. The van der Waals surface area contributed by atoms with Gasteiger partial charge in [-0.05, 0) is 13.0 Å². The first kappa shape index (κ1) is 11.6. The fourth-order valence-corrected chi connectivity index (χ4v) is 0.999. The highest BCUT2D eigenvalue weighted by Crippen LogP contribution is 2.34. The molecule has 0 N–H and O–H groups in total. The van der Waals surface area contributed by atoms with Crippen LogP contribution in [0.25, 0.3) is 0 Å². The number of ether oxygens (including phenoxy) is 2. The summed E-state index contributed by atoms with van der Waals surface area (Å²) < 4.78 is 46.7. The molecule has 0 fully saturated rings. The summed E-state index contributed by atoms with van der Waals surface area (Å²) in [6.45, 7) is 1.92. The molecule has 0 bridgehead atoms. The largest absolute Gasteiger partial charge is 0.488 e. The van der Waals surface area contributed by atoms with Crippen LogP contribution in [0.4, 0.5) is 13.2 Å². The van der Waals surface area contributed by atoms with Crippen LogP contribution in [-0.2, 0) is 6.18 Å².